The molecule has 1 saturated carbocycles. The minimum atomic E-state index is -3.30. The molecule has 2 atom stereocenters. The molecule has 2 N–H and O–H groups in total. The van der Waals surface area contributed by atoms with Crippen LogP contribution in [0.2, 0.25) is 0 Å². The summed E-state index contributed by atoms with van der Waals surface area (Å²) in [7, 11) is -3.30. The SMILES string of the molecule is CCS(=O)(=O)c1ccc([C@H](CO)NC(=O)c2ccc3c(c2)CN(C[C@H]2CC[C@@H](C)CC2)[C@H]3C(C)C)cc1. The van der Waals surface area contributed by atoms with E-state index in [2.05, 4.69) is 37.1 Å². The van der Waals surface area contributed by atoms with Crippen molar-refractivity contribution in [3.05, 3.63) is 64.7 Å². The predicted octanol–water partition coefficient (Wildman–Crippen LogP) is 5.28. The van der Waals surface area contributed by atoms with Gasteiger partial charge in [-0.3, -0.25) is 9.69 Å². The van der Waals surface area contributed by atoms with Crippen LogP contribution in [0.4, 0.5) is 0 Å². The normalized spacial score (nSPS) is 23.1. The van der Waals surface area contributed by atoms with E-state index in [9.17, 15) is 18.3 Å². The summed E-state index contributed by atoms with van der Waals surface area (Å²) in [5.41, 5.74) is 3.78. The molecule has 2 aliphatic rings. The number of fused-ring (bicyclic) bond motifs is 1. The molecule has 37 heavy (non-hydrogen) atoms. The number of sulfone groups is 1. The van der Waals surface area contributed by atoms with E-state index in [-0.39, 0.29) is 23.2 Å². The van der Waals surface area contributed by atoms with Crippen LogP contribution in [-0.2, 0) is 16.4 Å². The van der Waals surface area contributed by atoms with Gasteiger partial charge in [-0.05, 0) is 71.6 Å². The molecule has 0 spiro atoms. The minimum Gasteiger partial charge on any atom is -0.394 e. The largest absolute Gasteiger partial charge is 0.394 e. The van der Waals surface area contributed by atoms with Crippen LogP contribution in [0.15, 0.2) is 47.4 Å². The second-order valence-electron chi connectivity index (χ2n) is 11.3. The topological polar surface area (TPSA) is 86.7 Å². The summed E-state index contributed by atoms with van der Waals surface area (Å²) in [6.07, 6.45) is 5.26. The van der Waals surface area contributed by atoms with Crippen LogP contribution in [0.5, 0.6) is 0 Å². The Morgan fingerprint density at radius 1 is 1.08 bits per heavy atom. The molecule has 1 fully saturated rings. The van der Waals surface area contributed by atoms with Crippen LogP contribution >= 0.6 is 0 Å². The molecular weight excluding hydrogens is 484 g/mol. The Bertz CT molecular complexity index is 1180. The molecule has 202 valence electrons. The number of carbonyl (C=O) groups is 1. The quantitative estimate of drug-likeness (QED) is 0.464. The lowest BCUT2D eigenvalue weighted by molar-refractivity contribution is 0.0916. The smallest absolute Gasteiger partial charge is 0.251 e. The third-order valence-corrected chi connectivity index (χ3v) is 10.0. The maximum absolute atomic E-state index is 13.2. The van der Waals surface area contributed by atoms with Gasteiger partial charge in [-0.25, -0.2) is 8.42 Å². The fourth-order valence-electron chi connectivity index (χ4n) is 6.04. The summed E-state index contributed by atoms with van der Waals surface area (Å²) < 4.78 is 24.2. The van der Waals surface area contributed by atoms with Crippen LogP contribution in [0.25, 0.3) is 0 Å². The molecule has 1 amide bonds. The van der Waals surface area contributed by atoms with Gasteiger partial charge in [0.25, 0.3) is 5.91 Å². The first-order chi connectivity index (χ1) is 17.6. The molecule has 0 saturated heterocycles. The molecule has 2 aromatic carbocycles. The molecule has 4 rings (SSSR count). The Balaban J connectivity index is 1.47. The summed E-state index contributed by atoms with van der Waals surface area (Å²) in [4.78, 5) is 16.0. The van der Waals surface area contributed by atoms with Crippen molar-refractivity contribution in [2.45, 2.75) is 76.9 Å². The third kappa shape index (κ3) is 6.27. The number of rotatable bonds is 9. The van der Waals surface area contributed by atoms with E-state index >= 15 is 0 Å². The highest BCUT2D eigenvalue weighted by molar-refractivity contribution is 7.91. The second-order valence-corrected chi connectivity index (χ2v) is 13.6. The van der Waals surface area contributed by atoms with Gasteiger partial charge in [-0.1, -0.05) is 58.7 Å². The van der Waals surface area contributed by atoms with Crippen LogP contribution in [-0.4, -0.2) is 43.2 Å². The lowest BCUT2D eigenvalue weighted by atomic mass is 9.82. The van der Waals surface area contributed by atoms with Gasteiger partial charge in [-0.15, -0.1) is 0 Å². The molecule has 7 heteroatoms. The highest BCUT2D eigenvalue weighted by Crippen LogP contribution is 2.41. The molecule has 1 aliphatic carbocycles. The zero-order valence-corrected chi connectivity index (χ0v) is 23.4. The lowest BCUT2D eigenvalue weighted by Crippen LogP contribution is -2.32. The number of aliphatic hydroxyl groups excluding tert-OH is 1. The number of carbonyl (C=O) groups excluding carboxylic acids is 1. The summed E-state index contributed by atoms with van der Waals surface area (Å²) >= 11 is 0. The van der Waals surface area contributed by atoms with Crippen LogP contribution in [0.3, 0.4) is 0 Å². The van der Waals surface area contributed by atoms with Crippen LogP contribution in [0, 0.1) is 17.8 Å². The molecule has 0 aromatic heterocycles. The van der Waals surface area contributed by atoms with Gasteiger partial charge >= 0.3 is 0 Å². The first kappa shape index (κ1) is 27.8. The van der Waals surface area contributed by atoms with Gasteiger partial charge in [-0.2, -0.15) is 0 Å². The maximum atomic E-state index is 13.2. The number of nitrogens with one attached hydrogen (secondary N) is 1. The summed E-state index contributed by atoms with van der Waals surface area (Å²) in [5, 5.41) is 12.9. The highest BCUT2D eigenvalue weighted by Gasteiger charge is 2.34. The maximum Gasteiger partial charge on any atom is 0.251 e. The van der Waals surface area contributed by atoms with Crippen LogP contribution in [0.1, 0.15) is 92.5 Å². The summed E-state index contributed by atoms with van der Waals surface area (Å²) in [6, 6.07) is 12.1. The van der Waals surface area contributed by atoms with Gasteiger partial charge in [0.2, 0.25) is 0 Å². The molecule has 2 aromatic rings. The summed E-state index contributed by atoms with van der Waals surface area (Å²) in [5.74, 6) is 1.87. The van der Waals surface area contributed by atoms with Crippen molar-refractivity contribution in [2.24, 2.45) is 17.8 Å². The zero-order chi connectivity index (χ0) is 26.7. The van der Waals surface area contributed by atoms with Gasteiger partial charge < -0.3 is 10.4 Å². The summed E-state index contributed by atoms with van der Waals surface area (Å²) in [6.45, 7) is 10.2. The number of benzene rings is 2. The van der Waals surface area contributed by atoms with Crippen molar-refractivity contribution < 1.29 is 18.3 Å². The van der Waals surface area contributed by atoms with Gasteiger partial charge in [0.15, 0.2) is 9.84 Å². The van der Waals surface area contributed by atoms with E-state index < -0.39 is 15.9 Å². The van der Waals surface area contributed by atoms with Crippen molar-refractivity contribution in [1.82, 2.24) is 10.2 Å². The molecule has 0 bridgehead atoms. The number of aliphatic hydroxyl groups is 1. The number of amides is 1. The molecule has 1 aliphatic heterocycles. The van der Waals surface area contributed by atoms with Gasteiger partial charge in [0.1, 0.15) is 0 Å². The van der Waals surface area contributed by atoms with E-state index in [1.165, 1.54) is 48.9 Å². The van der Waals surface area contributed by atoms with E-state index in [0.717, 1.165) is 24.9 Å². The van der Waals surface area contributed by atoms with Crippen molar-refractivity contribution >= 4 is 15.7 Å². The monoisotopic (exact) mass is 526 g/mol. The fraction of sp³-hybridized carbons (Fsp3) is 0.567. The molecular formula is C30H42N2O4S. The average molecular weight is 527 g/mol. The molecule has 1 heterocycles. The van der Waals surface area contributed by atoms with Crippen molar-refractivity contribution in [1.29, 1.82) is 0 Å². The van der Waals surface area contributed by atoms with Crippen LogP contribution < -0.4 is 5.32 Å². The van der Waals surface area contributed by atoms with Crippen molar-refractivity contribution in [3.8, 4) is 0 Å². The number of nitrogens with zero attached hydrogens (tertiary/aromatic N) is 1. The first-order valence-electron chi connectivity index (χ1n) is 13.7. The van der Waals surface area contributed by atoms with Crippen molar-refractivity contribution in [3.63, 3.8) is 0 Å². The van der Waals surface area contributed by atoms with E-state index in [4.69, 9.17) is 0 Å². The Labute approximate surface area is 222 Å². The number of hydrogen-bond acceptors (Lipinski definition) is 5. The third-order valence-electron chi connectivity index (χ3n) is 8.26. The van der Waals surface area contributed by atoms with E-state index in [1.807, 2.05) is 12.1 Å². The zero-order valence-electron chi connectivity index (χ0n) is 22.6. The Morgan fingerprint density at radius 2 is 1.76 bits per heavy atom. The lowest BCUT2D eigenvalue weighted by Gasteiger charge is -2.34. The molecule has 0 radical (unpaired) electrons. The second kappa shape index (κ2) is 11.7. The Kier molecular flexibility index (Phi) is 8.77. The first-order valence-corrected chi connectivity index (χ1v) is 15.4. The predicted molar refractivity (Wildman–Crippen MR) is 147 cm³/mol. The molecule has 0 unspecified atom stereocenters. The average Bonchev–Trinajstić information content (AvgIpc) is 3.25. The Morgan fingerprint density at radius 3 is 2.35 bits per heavy atom. The highest BCUT2D eigenvalue weighted by atomic mass is 32.2. The fourth-order valence-corrected chi connectivity index (χ4v) is 6.92. The standard InChI is InChI=1S/C30H42N2O4S/c1-5-37(35,36)26-13-10-23(11-14-26)28(19-33)31-30(34)24-12-15-27-25(16-24)18-32(29(27)20(2)3)17-22-8-6-21(4)7-9-22/h10-16,20-22,28-29,33H,5-9,17-19H2,1-4H3,(H,31,34)/t21-,22+,28-,29-/m0/s1. The Hall–Kier alpha value is -2.22. The van der Waals surface area contributed by atoms with Crippen molar-refractivity contribution in [2.75, 3.05) is 18.9 Å². The van der Waals surface area contributed by atoms with Gasteiger partial charge in [0, 0.05) is 24.7 Å². The van der Waals surface area contributed by atoms with E-state index in [1.54, 1.807) is 19.1 Å². The molecule has 6 nitrogen and oxygen atoms in total. The number of hydrogen-bond donors (Lipinski definition) is 2. The van der Waals surface area contributed by atoms with E-state index in [0.29, 0.717) is 23.1 Å². The van der Waals surface area contributed by atoms with Gasteiger partial charge in [0.05, 0.1) is 23.3 Å². The minimum absolute atomic E-state index is 0.0276.